The molecule has 0 spiro atoms. The van der Waals surface area contributed by atoms with Crippen molar-refractivity contribution in [2.45, 2.75) is 6.61 Å². The van der Waals surface area contributed by atoms with E-state index >= 15 is 0 Å². The zero-order chi connectivity index (χ0) is 15.4. The molecule has 1 N–H and O–H groups in total. The molecule has 0 unspecified atom stereocenters. The van der Waals surface area contributed by atoms with Crippen molar-refractivity contribution in [1.82, 2.24) is 0 Å². The van der Waals surface area contributed by atoms with Gasteiger partial charge in [0.15, 0.2) is 0 Å². The summed E-state index contributed by atoms with van der Waals surface area (Å²) in [5, 5.41) is 19.6. The van der Waals surface area contributed by atoms with Crippen molar-refractivity contribution < 1.29 is 19.6 Å². The third-order valence-corrected chi connectivity index (χ3v) is 3.53. The number of nitro benzene ring substituents is 1. The molecule has 0 radical (unpaired) electrons. The van der Waals surface area contributed by atoms with Crippen molar-refractivity contribution in [3.63, 3.8) is 0 Å². The Morgan fingerprint density at radius 2 is 1.90 bits per heavy atom. The van der Waals surface area contributed by atoms with Crippen molar-refractivity contribution >= 4 is 27.6 Å². The lowest BCUT2D eigenvalue weighted by Gasteiger charge is -2.08. The first-order valence-corrected chi connectivity index (χ1v) is 6.66. The molecule has 0 aromatic heterocycles. The van der Waals surface area contributed by atoms with Gasteiger partial charge in [-0.25, -0.2) is 4.79 Å². The van der Waals surface area contributed by atoms with Crippen molar-refractivity contribution in [3.05, 3.63) is 68.2 Å². The zero-order valence-corrected chi connectivity index (χ0v) is 12.2. The molecular weight excluding hydrogens is 342 g/mol. The highest BCUT2D eigenvalue weighted by molar-refractivity contribution is 9.10. The minimum absolute atomic E-state index is 0.0753. The lowest BCUT2D eigenvalue weighted by molar-refractivity contribution is -0.385. The number of halogens is 1. The van der Waals surface area contributed by atoms with Crippen LogP contribution in [0.15, 0.2) is 46.9 Å². The second-order valence-electron chi connectivity index (χ2n) is 4.14. The normalized spacial score (nSPS) is 10.1. The summed E-state index contributed by atoms with van der Waals surface area (Å²) < 4.78 is 5.79. The number of carbonyl (C=O) groups is 1. The number of hydrogen-bond donors (Lipinski definition) is 1. The van der Waals surface area contributed by atoms with E-state index in [1.165, 1.54) is 24.3 Å². The quantitative estimate of drug-likeness (QED) is 0.656. The maximum Gasteiger partial charge on any atom is 0.335 e. The monoisotopic (exact) mass is 351 g/mol. The number of hydrogen-bond acceptors (Lipinski definition) is 4. The number of carboxylic acid groups (broad SMARTS) is 1. The van der Waals surface area contributed by atoms with Crippen LogP contribution in [0.5, 0.6) is 5.75 Å². The van der Waals surface area contributed by atoms with E-state index in [0.29, 0.717) is 5.75 Å². The molecule has 0 aliphatic heterocycles. The van der Waals surface area contributed by atoms with Crippen LogP contribution < -0.4 is 4.74 Å². The summed E-state index contributed by atoms with van der Waals surface area (Å²) in [6, 6.07) is 10.7. The van der Waals surface area contributed by atoms with Crippen LogP contribution in [-0.4, -0.2) is 16.0 Å². The lowest BCUT2D eigenvalue weighted by atomic mass is 10.1. The molecule has 0 atom stereocenters. The van der Waals surface area contributed by atoms with Crippen LogP contribution in [0.1, 0.15) is 15.9 Å². The van der Waals surface area contributed by atoms with E-state index in [4.69, 9.17) is 9.84 Å². The van der Waals surface area contributed by atoms with E-state index in [0.717, 1.165) is 5.56 Å². The topological polar surface area (TPSA) is 89.7 Å². The van der Waals surface area contributed by atoms with Crippen LogP contribution in [-0.2, 0) is 6.61 Å². The summed E-state index contributed by atoms with van der Waals surface area (Å²) in [7, 11) is 0. The SMILES string of the molecule is O=C(O)c1ccc(COc2cccc([N+](=O)[O-])c2Br)cc1. The fraction of sp³-hybridized carbons (Fsp3) is 0.0714. The average molecular weight is 352 g/mol. The minimum atomic E-state index is -0.996. The molecule has 7 heteroatoms. The Hall–Kier alpha value is -2.41. The van der Waals surface area contributed by atoms with Gasteiger partial charge in [-0.1, -0.05) is 18.2 Å². The second kappa shape index (κ2) is 6.36. The third kappa shape index (κ3) is 3.57. The van der Waals surface area contributed by atoms with Gasteiger partial charge < -0.3 is 9.84 Å². The van der Waals surface area contributed by atoms with E-state index in [2.05, 4.69) is 15.9 Å². The highest BCUT2D eigenvalue weighted by Crippen LogP contribution is 2.34. The molecule has 0 bridgehead atoms. The molecule has 2 aromatic carbocycles. The van der Waals surface area contributed by atoms with Crippen molar-refractivity contribution in [2.24, 2.45) is 0 Å². The molecule has 108 valence electrons. The lowest BCUT2D eigenvalue weighted by Crippen LogP contribution is -2.00. The Bertz CT molecular complexity index is 684. The van der Waals surface area contributed by atoms with Crippen LogP contribution in [0.3, 0.4) is 0 Å². The summed E-state index contributed by atoms with van der Waals surface area (Å²) in [6.07, 6.45) is 0. The predicted molar refractivity (Wildman–Crippen MR) is 78.5 cm³/mol. The minimum Gasteiger partial charge on any atom is -0.487 e. The van der Waals surface area contributed by atoms with Gasteiger partial charge in [-0.05, 0) is 39.7 Å². The number of nitrogens with zero attached hydrogens (tertiary/aromatic N) is 1. The first kappa shape index (κ1) is 15.0. The van der Waals surface area contributed by atoms with E-state index < -0.39 is 10.9 Å². The van der Waals surface area contributed by atoms with Gasteiger partial charge in [0.1, 0.15) is 16.8 Å². The van der Waals surface area contributed by atoms with Gasteiger partial charge in [0, 0.05) is 6.07 Å². The Balaban J connectivity index is 2.11. The highest BCUT2D eigenvalue weighted by Gasteiger charge is 2.15. The summed E-state index contributed by atoms with van der Waals surface area (Å²) in [5.41, 5.74) is 0.877. The molecule has 0 heterocycles. The molecule has 6 nitrogen and oxygen atoms in total. The Labute approximate surface area is 128 Å². The molecular formula is C14H10BrNO5. The first-order chi connectivity index (χ1) is 9.99. The Morgan fingerprint density at radius 1 is 1.24 bits per heavy atom. The summed E-state index contributed by atoms with van der Waals surface area (Å²) >= 11 is 3.14. The van der Waals surface area contributed by atoms with Gasteiger partial charge in [-0.15, -0.1) is 0 Å². The zero-order valence-electron chi connectivity index (χ0n) is 10.7. The van der Waals surface area contributed by atoms with Gasteiger partial charge in [-0.2, -0.15) is 0 Å². The second-order valence-corrected chi connectivity index (χ2v) is 4.93. The molecule has 2 rings (SSSR count). The maximum absolute atomic E-state index is 10.8. The van der Waals surface area contributed by atoms with Crippen LogP contribution in [0.2, 0.25) is 0 Å². The molecule has 0 aliphatic carbocycles. The Kier molecular flexibility index (Phi) is 4.54. The predicted octanol–water partition coefficient (Wildman–Crippen LogP) is 3.63. The van der Waals surface area contributed by atoms with Crippen LogP contribution >= 0.6 is 15.9 Å². The molecule has 0 fully saturated rings. The number of ether oxygens (including phenoxy) is 1. The number of carboxylic acids is 1. The van der Waals surface area contributed by atoms with Gasteiger partial charge in [0.25, 0.3) is 5.69 Å². The molecule has 0 amide bonds. The molecule has 2 aromatic rings. The number of rotatable bonds is 5. The van der Waals surface area contributed by atoms with E-state index in [9.17, 15) is 14.9 Å². The van der Waals surface area contributed by atoms with Gasteiger partial charge in [-0.3, -0.25) is 10.1 Å². The summed E-state index contributed by atoms with van der Waals surface area (Å²) in [4.78, 5) is 21.0. The van der Waals surface area contributed by atoms with Gasteiger partial charge >= 0.3 is 5.97 Å². The summed E-state index contributed by atoms with van der Waals surface area (Å²) in [6.45, 7) is 0.180. The van der Waals surface area contributed by atoms with Crippen molar-refractivity contribution in [2.75, 3.05) is 0 Å². The molecule has 0 saturated heterocycles. The highest BCUT2D eigenvalue weighted by atomic mass is 79.9. The maximum atomic E-state index is 10.8. The number of aromatic carboxylic acids is 1. The van der Waals surface area contributed by atoms with Crippen molar-refractivity contribution in [1.29, 1.82) is 0 Å². The standard InChI is InChI=1S/C14H10BrNO5/c15-13-11(16(19)20)2-1-3-12(13)21-8-9-4-6-10(7-5-9)14(17)18/h1-7H,8H2,(H,17,18). The van der Waals surface area contributed by atoms with Gasteiger partial charge in [0.2, 0.25) is 0 Å². The molecule has 21 heavy (non-hydrogen) atoms. The van der Waals surface area contributed by atoms with E-state index in [1.54, 1.807) is 18.2 Å². The van der Waals surface area contributed by atoms with Gasteiger partial charge in [0.05, 0.1) is 10.5 Å². The smallest absolute Gasteiger partial charge is 0.335 e. The van der Waals surface area contributed by atoms with Crippen molar-refractivity contribution in [3.8, 4) is 5.75 Å². The van der Waals surface area contributed by atoms with E-state index in [1.807, 2.05) is 0 Å². The fourth-order valence-corrected chi connectivity index (χ4v) is 2.18. The fourth-order valence-electron chi connectivity index (χ4n) is 1.66. The average Bonchev–Trinajstić information content (AvgIpc) is 2.46. The molecule has 0 saturated carbocycles. The van der Waals surface area contributed by atoms with Crippen LogP contribution in [0, 0.1) is 10.1 Å². The van der Waals surface area contributed by atoms with E-state index in [-0.39, 0.29) is 22.3 Å². The Morgan fingerprint density at radius 3 is 2.48 bits per heavy atom. The van der Waals surface area contributed by atoms with Crippen LogP contribution in [0.25, 0.3) is 0 Å². The molecule has 0 aliphatic rings. The first-order valence-electron chi connectivity index (χ1n) is 5.87. The number of nitro groups is 1. The van der Waals surface area contributed by atoms with Crippen LogP contribution in [0.4, 0.5) is 5.69 Å². The third-order valence-electron chi connectivity index (χ3n) is 2.73. The largest absolute Gasteiger partial charge is 0.487 e. The number of benzene rings is 2. The summed E-state index contributed by atoms with van der Waals surface area (Å²) in [5.74, 6) is -0.643.